The smallest absolute Gasteiger partial charge is 0.204 e. The van der Waals surface area contributed by atoms with E-state index in [4.69, 9.17) is 4.74 Å². The lowest BCUT2D eigenvalue weighted by Crippen LogP contribution is -2.25. The highest BCUT2D eigenvalue weighted by Gasteiger charge is 2.27. The van der Waals surface area contributed by atoms with E-state index < -0.39 is 7.05 Å². The van der Waals surface area contributed by atoms with Crippen LogP contribution in [0.2, 0.25) is 0 Å². The largest absolute Gasteiger partial charge is 0.288 e. The van der Waals surface area contributed by atoms with Crippen molar-refractivity contribution in [3.05, 3.63) is 132 Å². The summed E-state index contributed by atoms with van der Waals surface area (Å²) in [5, 5.41) is 3.37. The molecule has 3 heteroatoms. The molecule has 0 aliphatic rings. The summed E-state index contributed by atoms with van der Waals surface area (Å²) < 4.78 is 5.24. The monoisotopic (exact) mass is 381 g/mol. The van der Waals surface area contributed by atoms with Crippen LogP contribution in [-0.4, -0.2) is 0 Å². The maximum Gasteiger partial charge on any atom is 0.204 e. The summed E-state index contributed by atoms with van der Waals surface area (Å²) in [6, 6.07) is 39.8. The van der Waals surface area contributed by atoms with Gasteiger partial charge in [0.15, 0.2) is 0 Å². The summed E-state index contributed by atoms with van der Waals surface area (Å²) in [6.07, 6.45) is 0. The zero-order valence-corrected chi connectivity index (χ0v) is 16.2. The molecule has 136 valence electrons. The summed E-state index contributed by atoms with van der Waals surface area (Å²) >= 11 is 0. The Morgan fingerprint density at radius 1 is 0.464 bits per heavy atom. The zero-order valence-electron chi connectivity index (χ0n) is 15.3. The summed E-state index contributed by atoms with van der Waals surface area (Å²) in [5.74, 6) is 0. The van der Waals surface area contributed by atoms with Crippen LogP contribution in [0, 0.1) is 0 Å². The van der Waals surface area contributed by atoms with E-state index in [9.17, 15) is 4.79 Å². The van der Waals surface area contributed by atoms with E-state index in [0.29, 0.717) is 5.69 Å². The highest BCUT2D eigenvalue weighted by atomic mass is 31.2. The van der Waals surface area contributed by atoms with Crippen LogP contribution in [0.15, 0.2) is 131 Å². The van der Waals surface area contributed by atoms with Crippen molar-refractivity contribution in [2.75, 3.05) is 0 Å². The van der Waals surface area contributed by atoms with Gasteiger partial charge in [-0.3, -0.25) is 4.79 Å². The summed E-state index contributed by atoms with van der Waals surface area (Å²) in [4.78, 5) is 12.7. The van der Waals surface area contributed by atoms with Gasteiger partial charge in [0, 0.05) is 15.9 Å². The third-order valence-electron chi connectivity index (χ3n) is 4.62. The van der Waals surface area contributed by atoms with Gasteiger partial charge >= 0.3 is 0 Å². The lowest BCUT2D eigenvalue weighted by molar-refractivity contribution is 1.52. The topological polar surface area (TPSA) is 29.4 Å². The molecule has 2 nitrogen and oxygen atoms in total. The van der Waals surface area contributed by atoms with Crippen LogP contribution in [0.25, 0.3) is 0 Å². The van der Waals surface area contributed by atoms with Crippen molar-refractivity contribution >= 4 is 28.7 Å². The highest BCUT2D eigenvalue weighted by Crippen LogP contribution is 2.48. The Labute approximate surface area is 165 Å². The van der Waals surface area contributed by atoms with Crippen LogP contribution in [-0.2, 0) is 0 Å². The highest BCUT2D eigenvalue weighted by molar-refractivity contribution is 7.87. The quantitative estimate of drug-likeness (QED) is 0.465. The minimum Gasteiger partial charge on any atom is -0.288 e. The molecule has 28 heavy (non-hydrogen) atoms. The Morgan fingerprint density at radius 3 is 1.25 bits per heavy atom. The Bertz CT molecular complexity index is 1070. The molecule has 0 fully saturated rings. The molecule has 0 atom stereocenters. The van der Waals surface area contributed by atoms with Gasteiger partial charge in [-0.2, -0.15) is 0 Å². The number of hydrogen-bond donors (Lipinski definition) is 0. The Morgan fingerprint density at radius 2 is 0.821 bits per heavy atom. The zero-order chi connectivity index (χ0) is 19.2. The molecule has 4 aromatic rings. The van der Waals surface area contributed by atoms with E-state index in [1.165, 1.54) is 0 Å². The molecular formula is C25H20NOP. The van der Waals surface area contributed by atoms with Gasteiger partial charge in [0.1, 0.15) is 5.69 Å². The van der Waals surface area contributed by atoms with Crippen molar-refractivity contribution in [1.29, 1.82) is 0 Å². The van der Waals surface area contributed by atoms with Gasteiger partial charge < -0.3 is 0 Å². The van der Waals surface area contributed by atoms with Crippen LogP contribution < -0.4 is 21.3 Å². The van der Waals surface area contributed by atoms with Crippen LogP contribution in [0.1, 0.15) is 0 Å². The molecule has 0 bridgehead atoms. The lowest BCUT2D eigenvalue weighted by atomic mass is 10.4. The van der Waals surface area contributed by atoms with Crippen molar-refractivity contribution in [2.24, 2.45) is 4.74 Å². The SMILES string of the molecule is O=c1cccccc1N=P(c1ccccc1)(c1ccccc1)c1ccccc1. The molecule has 0 N–H and O–H groups in total. The third-order valence-corrected chi connectivity index (χ3v) is 8.28. The molecule has 0 aliphatic carbocycles. The Kier molecular flexibility index (Phi) is 5.32. The van der Waals surface area contributed by atoms with E-state index in [1.54, 1.807) is 12.1 Å². The van der Waals surface area contributed by atoms with Crippen molar-refractivity contribution < 1.29 is 0 Å². The van der Waals surface area contributed by atoms with Gasteiger partial charge in [0.2, 0.25) is 5.43 Å². The molecule has 0 spiro atoms. The van der Waals surface area contributed by atoms with Gasteiger partial charge in [0.05, 0.1) is 7.05 Å². The lowest BCUT2D eigenvalue weighted by Gasteiger charge is -2.26. The molecule has 4 aromatic carbocycles. The predicted molar refractivity (Wildman–Crippen MR) is 120 cm³/mol. The normalized spacial score (nSPS) is 11.0. The van der Waals surface area contributed by atoms with Gasteiger partial charge in [-0.15, -0.1) is 0 Å². The van der Waals surface area contributed by atoms with Gasteiger partial charge in [0.25, 0.3) is 0 Å². The fourth-order valence-electron chi connectivity index (χ4n) is 3.32. The molecule has 0 radical (unpaired) electrons. The predicted octanol–water partition coefficient (Wildman–Crippen LogP) is 4.86. The van der Waals surface area contributed by atoms with Crippen molar-refractivity contribution in [3.63, 3.8) is 0 Å². The molecule has 0 amide bonds. The van der Waals surface area contributed by atoms with E-state index in [0.717, 1.165) is 15.9 Å². The summed E-state index contributed by atoms with van der Waals surface area (Å²) in [5.41, 5.74) is 0.409. The van der Waals surface area contributed by atoms with Gasteiger partial charge in [-0.25, -0.2) is 4.74 Å². The second-order valence-corrected chi connectivity index (χ2v) is 9.42. The number of nitrogens with zero attached hydrogens (tertiary/aromatic N) is 1. The standard InChI is InChI=1S/C25H20NOP/c27-25-20-12-4-11-19-24(25)26-28(21-13-5-1-6-14-21,22-15-7-2-8-16-22)23-17-9-3-10-18-23/h1-20H. The molecule has 4 rings (SSSR count). The van der Waals surface area contributed by atoms with E-state index in [2.05, 4.69) is 36.4 Å². The fourth-order valence-corrected chi connectivity index (χ4v) is 6.86. The number of rotatable bonds is 4. The molecule has 0 aliphatic heterocycles. The molecule has 0 aromatic heterocycles. The van der Waals surface area contributed by atoms with E-state index in [1.807, 2.05) is 72.8 Å². The summed E-state index contributed by atoms with van der Waals surface area (Å²) in [6.45, 7) is 0. The molecule has 0 saturated carbocycles. The number of benzene rings is 3. The molecule has 0 unspecified atom stereocenters. The molecular weight excluding hydrogens is 361 g/mol. The minimum absolute atomic E-state index is 0.0721. The van der Waals surface area contributed by atoms with Crippen molar-refractivity contribution in [1.82, 2.24) is 0 Å². The fraction of sp³-hybridized carbons (Fsp3) is 0. The van der Waals surface area contributed by atoms with Crippen LogP contribution in [0.5, 0.6) is 0 Å². The van der Waals surface area contributed by atoms with E-state index in [-0.39, 0.29) is 5.43 Å². The van der Waals surface area contributed by atoms with Crippen LogP contribution in [0.4, 0.5) is 5.69 Å². The maximum atomic E-state index is 12.7. The van der Waals surface area contributed by atoms with Crippen molar-refractivity contribution in [2.45, 2.75) is 0 Å². The average Bonchev–Trinajstić information content (AvgIpc) is 2.98. The van der Waals surface area contributed by atoms with Gasteiger partial charge in [-0.05, 0) is 12.1 Å². The first kappa shape index (κ1) is 18.2. The van der Waals surface area contributed by atoms with Crippen LogP contribution in [0.3, 0.4) is 0 Å². The molecule has 0 saturated heterocycles. The second kappa shape index (κ2) is 8.21. The first-order valence-corrected chi connectivity index (χ1v) is 10.9. The maximum absolute atomic E-state index is 12.7. The summed E-state index contributed by atoms with van der Waals surface area (Å²) in [7, 11) is -2.41. The van der Waals surface area contributed by atoms with Crippen molar-refractivity contribution in [3.8, 4) is 0 Å². The average molecular weight is 381 g/mol. The second-order valence-electron chi connectivity index (χ2n) is 6.40. The first-order chi connectivity index (χ1) is 13.8. The Balaban J connectivity index is 2.19. The minimum atomic E-state index is -2.41. The van der Waals surface area contributed by atoms with Gasteiger partial charge in [-0.1, -0.05) is 109 Å². The van der Waals surface area contributed by atoms with Crippen LogP contribution >= 0.6 is 7.05 Å². The third kappa shape index (κ3) is 3.47. The molecule has 0 heterocycles. The first-order valence-electron chi connectivity index (χ1n) is 9.19. The number of hydrogen-bond acceptors (Lipinski definition) is 2. The Hall–Kier alpha value is -3.22. The van der Waals surface area contributed by atoms with E-state index >= 15 is 0 Å².